The Morgan fingerprint density at radius 3 is 1.56 bits per heavy atom. The van der Waals surface area contributed by atoms with Crippen molar-refractivity contribution >= 4 is 34.0 Å². The maximum atomic E-state index is 9.65. The summed E-state index contributed by atoms with van der Waals surface area (Å²) >= 11 is 0. The fourth-order valence-electron chi connectivity index (χ4n) is 5.95. The maximum Gasteiger partial charge on any atom is 0.137 e. The minimum absolute atomic E-state index is 0.0578. The lowest BCUT2D eigenvalue weighted by Gasteiger charge is -2.14. The Bertz CT molecular complexity index is 1740. The molecule has 0 spiro atoms. The first kappa shape index (κ1) is 31.4. The molecular weight excluding hydrogens is 552 g/mol. The van der Waals surface area contributed by atoms with Crippen LogP contribution in [0.5, 0.6) is 0 Å². The van der Waals surface area contributed by atoms with E-state index in [4.69, 9.17) is 4.74 Å². The summed E-state index contributed by atoms with van der Waals surface area (Å²) in [5.41, 5.74) is 5.25. The summed E-state index contributed by atoms with van der Waals surface area (Å²) < 4.78 is 11.0. The van der Waals surface area contributed by atoms with E-state index in [1.54, 1.807) is 12.2 Å². The minimum Gasteiger partial charge on any atom is -0.457 e. The van der Waals surface area contributed by atoms with Gasteiger partial charge in [-0.3, -0.25) is 0 Å². The summed E-state index contributed by atoms with van der Waals surface area (Å²) in [4.78, 5) is 0. The van der Waals surface area contributed by atoms with Gasteiger partial charge in [0.1, 0.15) is 29.2 Å². The van der Waals surface area contributed by atoms with Crippen LogP contribution in [0.2, 0.25) is 0 Å². The number of ether oxygens (including phenoxy) is 1. The van der Waals surface area contributed by atoms with Crippen LogP contribution in [0.4, 0.5) is 0 Å². The molecule has 1 aliphatic heterocycles. The zero-order chi connectivity index (χ0) is 31.4. The molecule has 5 heteroatoms. The van der Waals surface area contributed by atoms with Gasteiger partial charge in [0.25, 0.3) is 0 Å². The highest BCUT2D eigenvalue weighted by molar-refractivity contribution is 5.90. The number of hydrogen-bond acceptors (Lipinski definition) is 3. The lowest BCUT2D eigenvalue weighted by molar-refractivity contribution is 0.332. The molecule has 0 amide bonds. The van der Waals surface area contributed by atoms with Gasteiger partial charge in [0.05, 0.1) is 0 Å². The third-order valence-electron chi connectivity index (χ3n) is 8.34. The monoisotopic (exact) mass is 594 g/mol. The third kappa shape index (κ3) is 7.75. The lowest BCUT2D eigenvalue weighted by Crippen LogP contribution is -1.98. The smallest absolute Gasteiger partial charge is 0.137 e. The van der Waals surface area contributed by atoms with E-state index in [0.29, 0.717) is 17.1 Å². The van der Waals surface area contributed by atoms with Crippen molar-refractivity contribution in [2.24, 2.45) is 0 Å². The van der Waals surface area contributed by atoms with E-state index in [1.165, 1.54) is 60.3 Å². The molecule has 0 aliphatic carbocycles. The van der Waals surface area contributed by atoms with Gasteiger partial charge in [-0.15, -0.1) is 0 Å². The Morgan fingerprint density at radius 1 is 0.644 bits per heavy atom. The van der Waals surface area contributed by atoms with Gasteiger partial charge in [0.15, 0.2) is 0 Å². The summed E-state index contributed by atoms with van der Waals surface area (Å²) in [5, 5.41) is 21.7. The molecule has 2 aromatic heterocycles. The summed E-state index contributed by atoms with van der Waals surface area (Å²) in [7, 11) is 0. The SMILES string of the molecule is CCCCCCn1cc(C=CC2=CC(=C(C#N)C#N)C=C(C=Cc3cn(CCCCCC)c4ccccc34)O2)c2ccccc21. The largest absolute Gasteiger partial charge is 0.457 e. The number of aryl methyl sites for hydroxylation is 2. The highest BCUT2D eigenvalue weighted by atomic mass is 16.5. The molecule has 0 unspecified atom stereocenters. The number of allylic oxidation sites excluding steroid dienone is 6. The van der Waals surface area contributed by atoms with Crippen LogP contribution in [0, 0.1) is 22.7 Å². The second-order valence-electron chi connectivity index (χ2n) is 11.6. The van der Waals surface area contributed by atoms with Crippen molar-refractivity contribution in [3.05, 3.63) is 119 Å². The molecule has 0 saturated carbocycles. The average molecular weight is 595 g/mol. The Kier molecular flexibility index (Phi) is 10.9. The predicted octanol–water partition coefficient (Wildman–Crippen LogP) is 10.6. The van der Waals surface area contributed by atoms with E-state index in [2.05, 4.69) is 96.1 Å². The molecule has 0 saturated heterocycles. The molecule has 4 aromatic rings. The molecule has 0 N–H and O–H groups in total. The molecule has 5 nitrogen and oxygen atoms in total. The van der Waals surface area contributed by atoms with Gasteiger partial charge in [-0.1, -0.05) is 88.8 Å². The first-order valence-corrected chi connectivity index (χ1v) is 16.3. The number of unbranched alkanes of at least 4 members (excludes halogenated alkanes) is 6. The molecule has 228 valence electrons. The highest BCUT2D eigenvalue weighted by Crippen LogP contribution is 2.29. The van der Waals surface area contributed by atoms with Crippen LogP contribution >= 0.6 is 0 Å². The summed E-state index contributed by atoms with van der Waals surface area (Å²) in [6.07, 6.45) is 25.6. The van der Waals surface area contributed by atoms with Crippen molar-refractivity contribution in [3.63, 3.8) is 0 Å². The first-order chi connectivity index (χ1) is 22.1. The summed E-state index contributed by atoms with van der Waals surface area (Å²) in [6, 6.07) is 21.0. The molecule has 5 rings (SSSR count). The average Bonchev–Trinajstić information content (AvgIpc) is 3.61. The number of benzene rings is 2. The number of para-hydroxylation sites is 2. The number of rotatable bonds is 14. The maximum absolute atomic E-state index is 9.65. The van der Waals surface area contributed by atoms with E-state index in [9.17, 15) is 10.5 Å². The molecule has 1 aliphatic rings. The Morgan fingerprint density at radius 2 is 1.11 bits per heavy atom. The van der Waals surface area contributed by atoms with E-state index in [0.717, 1.165) is 37.1 Å². The van der Waals surface area contributed by atoms with Crippen molar-refractivity contribution in [2.75, 3.05) is 0 Å². The number of nitriles is 2. The zero-order valence-electron chi connectivity index (χ0n) is 26.5. The van der Waals surface area contributed by atoms with Crippen molar-refractivity contribution in [3.8, 4) is 12.1 Å². The normalized spacial score (nSPS) is 13.3. The quantitative estimate of drug-likeness (QED) is 0.108. The second kappa shape index (κ2) is 15.6. The predicted molar refractivity (Wildman–Crippen MR) is 186 cm³/mol. The van der Waals surface area contributed by atoms with Crippen LogP contribution < -0.4 is 0 Å². The van der Waals surface area contributed by atoms with E-state index >= 15 is 0 Å². The van der Waals surface area contributed by atoms with E-state index in [1.807, 2.05) is 24.3 Å². The topological polar surface area (TPSA) is 66.7 Å². The molecule has 45 heavy (non-hydrogen) atoms. The lowest BCUT2D eigenvalue weighted by atomic mass is 10.0. The van der Waals surface area contributed by atoms with Crippen LogP contribution in [-0.4, -0.2) is 9.13 Å². The number of hydrogen-bond donors (Lipinski definition) is 0. The van der Waals surface area contributed by atoms with Crippen molar-refractivity contribution in [2.45, 2.75) is 78.3 Å². The van der Waals surface area contributed by atoms with Crippen molar-refractivity contribution < 1.29 is 4.74 Å². The van der Waals surface area contributed by atoms with Crippen molar-refractivity contribution in [1.82, 2.24) is 9.13 Å². The van der Waals surface area contributed by atoms with Gasteiger partial charge in [0.2, 0.25) is 0 Å². The number of aromatic nitrogens is 2. The first-order valence-electron chi connectivity index (χ1n) is 16.3. The zero-order valence-corrected chi connectivity index (χ0v) is 26.5. The minimum atomic E-state index is 0.0578. The molecule has 2 aromatic carbocycles. The van der Waals surface area contributed by atoms with Gasteiger partial charge < -0.3 is 13.9 Å². The highest BCUT2D eigenvalue weighted by Gasteiger charge is 2.14. The second-order valence-corrected chi connectivity index (χ2v) is 11.6. The Hall–Kier alpha value is -5.00. The van der Waals surface area contributed by atoms with Gasteiger partial charge in [-0.25, -0.2) is 0 Å². The fourth-order valence-corrected chi connectivity index (χ4v) is 5.95. The van der Waals surface area contributed by atoms with Crippen LogP contribution in [0.15, 0.2) is 108 Å². The van der Waals surface area contributed by atoms with E-state index < -0.39 is 0 Å². The summed E-state index contributed by atoms with van der Waals surface area (Å²) in [5.74, 6) is 1.15. The molecule has 3 heterocycles. The van der Waals surface area contributed by atoms with Gasteiger partial charge in [-0.2, -0.15) is 10.5 Å². The van der Waals surface area contributed by atoms with Crippen LogP contribution in [0.25, 0.3) is 34.0 Å². The van der Waals surface area contributed by atoms with Crippen LogP contribution in [-0.2, 0) is 17.8 Å². The number of fused-ring (bicyclic) bond motifs is 2. The Labute approximate surface area is 267 Å². The fraction of sp³-hybridized carbons (Fsp3) is 0.300. The molecular formula is C40H42N4O. The molecule has 0 bridgehead atoms. The van der Waals surface area contributed by atoms with Gasteiger partial charge >= 0.3 is 0 Å². The molecule has 0 radical (unpaired) electrons. The molecule has 0 atom stereocenters. The van der Waals surface area contributed by atoms with E-state index in [-0.39, 0.29) is 5.57 Å². The van der Waals surface area contributed by atoms with Gasteiger partial charge in [-0.05, 0) is 61.4 Å². The van der Waals surface area contributed by atoms with Crippen molar-refractivity contribution in [1.29, 1.82) is 10.5 Å². The molecule has 0 fully saturated rings. The standard InChI is InChI=1S/C40H42N4O/c1-3-5-7-13-23-43-29-31(37-15-9-11-17-39(37)43)19-21-35-25-33(34(27-41)28-42)26-36(45-35)22-20-32-30-44(24-14-8-6-4-2)40-18-12-10-16-38(32)40/h9-12,15-22,25-26,29-30H,3-8,13-14,23-24H2,1-2H3. The summed E-state index contributed by atoms with van der Waals surface area (Å²) in [6.45, 7) is 6.44. The Balaban J connectivity index is 1.41. The van der Waals surface area contributed by atoms with Crippen LogP contribution in [0.1, 0.15) is 76.3 Å². The third-order valence-corrected chi connectivity index (χ3v) is 8.34. The van der Waals surface area contributed by atoms with Gasteiger partial charge in [0, 0.05) is 64.0 Å². The van der Waals surface area contributed by atoms with Crippen LogP contribution in [0.3, 0.4) is 0 Å². The number of nitrogens with zero attached hydrogens (tertiary/aromatic N) is 4.